The molecule has 0 atom stereocenters. The zero-order chi connectivity index (χ0) is 13.4. The van der Waals surface area contributed by atoms with Gasteiger partial charge in [-0.3, -0.25) is 0 Å². The van der Waals surface area contributed by atoms with Gasteiger partial charge in [0.15, 0.2) is 11.6 Å². The largest absolute Gasteiger partial charge is 0.458 e. The standard InChI is InChI=1S/C14H16IN3O/c1-3-16-14-11(15)12(9-5-6-9)17-13(18-14)10-7-4-8(2)19-10/h4,7,9H,3,5-6H2,1-2H3,(H,16,17,18). The Morgan fingerprint density at radius 3 is 2.74 bits per heavy atom. The maximum Gasteiger partial charge on any atom is 0.197 e. The van der Waals surface area contributed by atoms with E-state index in [1.807, 2.05) is 19.1 Å². The number of anilines is 1. The van der Waals surface area contributed by atoms with Crippen molar-refractivity contribution in [3.8, 4) is 11.6 Å². The van der Waals surface area contributed by atoms with Crippen LogP contribution in [-0.2, 0) is 0 Å². The van der Waals surface area contributed by atoms with Crippen LogP contribution in [0.2, 0.25) is 0 Å². The van der Waals surface area contributed by atoms with Gasteiger partial charge in [0.1, 0.15) is 11.6 Å². The molecule has 1 saturated carbocycles. The number of nitrogens with zero attached hydrogens (tertiary/aromatic N) is 2. The maximum atomic E-state index is 5.64. The molecule has 1 aliphatic carbocycles. The molecule has 3 rings (SSSR count). The van der Waals surface area contributed by atoms with Crippen LogP contribution < -0.4 is 5.32 Å². The Morgan fingerprint density at radius 1 is 1.37 bits per heavy atom. The van der Waals surface area contributed by atoms with Gasteiger partial charge in [0, 0.05) is 12.5 Å². The molecule has 2 aromatic heterocycles. The Labute approximate surface area is 126 Å². The summed E-state index contributed by atoms with van der Waals surface area (Å²) in [6, 6.07) is 3.88. The normalized spacial score (nSPS) is 14.7. The predicted octanol–water partition coefficient (Wildman–Crippen LogP) is 3.96. The minimum Gasteiger partial charge on any atom is -0.458 e. The van der Waals surface area contributed by atoms with Crippen LogP contribution in [-0.4, -0.2) is 16.5 Å². The van der Waals surface area contributed by atoms with Crippen LogP contribution in [0.15, 0.2) is 16.5 Å². The first kappa shape index (κ1) is 12.9. The highest BCUT2D eigenvalue weighted by atomic mass is 127. The SMILES string of the molecule is CCNc1nc(-c2ccc(C)o2)nc(C2CC2)c1I. The van der Waals surface area contributed by atoms with Gasteiger partial charge in [-0.1, -0.05) is 0 Å². The third kappa shape index (κ3) is 2.61. The molecule has 2 aromatic rings. The molecule has 1 aliphatic rings. The van der Waals surface area contributed by atoms with Crippen LogP contribution in [0.25, 0.3) is 11.6 Å². The third-order valence-electron chi connectivity index (χ3n) is 3.15. The number of rotatable bonds is 4. The number of furan rings is 1. The second-order valence-corrected chi connectivity index (χ2v) is 5.89. The first-order chi connectivity index (χ1) is 9.19. The Hall–Kier alpha value is -1.11. The monoisotopic (exact) mass is 369 g/mol. The molecule has 100 valence electrons. The summed E-state index contributed by atoms with van der Waals surface area (Å²) < 4.78 is 6.79. The first-order valence-electron chi connectivity index (χ1n) is 6.57. The van der Waals surface area contributed by atoms with Crippen molar-refractivity contribution < 1.29 is 4.42 Å². The lowest BCUT2D eigenvalue weighted by Gasteiger charge is -2.10. The summed E-state index contributed by atoms with van der Waals surface area (Å²) in [4.78, 5) is 9.30. The molecule has 0 unspecified atom stereocenters. The summed E-state index contributed by atoms with van der Waals surface area (Å²) in [6.45, 7) is 4.86. The van der Waals surface area contributed by atoms with Gasteiger partial charge in [0.2, 0.25) is 0 Å². The topological polar surface area (TPSA) is 51.0 Å². The second-order valence-electron chi connectivity index (χ2n) is 4.81. The maximum absolute atomic E-state index is 5.64. The van der Waals surface area contributed by atoms with Gasteiger partial charge in [0.25, 0.3) is 0 Å². The zero-order valence-corrected chi connectivity index (χ0v) is 13.2. The van der Waals surface area contributed by atoms with Gasteiger partial charge in [-0.05, 0) is 61.4 Å². The minimum atomic E-state index is 0.599. The third-order valence-corrected chi connectivity index (χ3v) is 4.21. The van der Waals surface area contributed by atoms with Crippen LogP contribution in [0.5, 0.6) is 0 Å². The van der Waals surface area contributed by atoms with E-state index in [0.717, 1.165) is 33.1 Å². The molecule has 0 amide bonds. The van der Waals surface area contributed by atoms with Crippen LogP contribution in [0.4, 0.5) is 5.82 Å². The summed E-state index contributed by atoms with van der Waals surface area (Å²) >= 11 is 2.34. The van der Waals surface area contributed by atoms with Crippen molar-refractivity contribution in [2.75, 3.05) is 11.9 Å². The zero-order valence-electron chi connectivity index (χ0n) is 11.0. The van der Waals surface area contributed by atoms with Crippen LogP contribution in [0.3, 0.4) is 0 Å². The van der Waals surface area contributed by atoms with Crippen molar-refractivity contribution in [1.82, 2.24) is 9.97 Å². The fraction of sp³-hybridized carbons (Fsp3) is 0.429. The Bertz CT molecular complexity index is 605. The molecule has 0 aliphatic heterocycles. The first-order valence-corrected chi connectivity index (χ1v) is 7.65. The van der Waals surface area contributed by atoms with Crippen molar-refractivity contribution in [3.05, 3.63) is 27.2 Å². The van der Waals surface area contributed by atoms with Crippen molar-refractivity contribution in [2.24, 2.45) is 0 Å². The number of nitrogens with one attached hydrogen (secondary N) is 1. The van der Waals surface area contributed by atoms with E-state index >= 15 is 0 Å². The molecule has 19 heavy (non-hydrogen) atoms. The highest BCUT2D eigenvalue weighted by molar-refractivity contribution is 14.1. The van der Waals surface area contributed by atoms with E-state index in [9.17, 15) is 0 Å². The summed E-state index contributed by atoms with van der Waals surface area (Å²) in [5.41, 5.74) is 1.16. The summed E-state index contributed by atoms with van der Waals surface area (Å²) in [5.74, 6) is 3.84. The molecule has 0 spiro atoms. The molecule has 0 bridgehead atoms. The second kappa shape index (κ2) is 5.11. The Morgan fingerprint density at radius 2 is 2.16 bits per heavy atom. The van der Waals surface area contributed by atoms with Gasteiger partial charge in [-0.15, -0.1) is 0 Å². The van der Waals surface area contributed by atoms with Gasteiger partial charge in [-0.2, -0.15) is 0 Å². The van der Waals surface area contributed by atoms with E-state index in [2.05, 4.69) is 39.8 Å². The minimum absolute atomic E-state index is 0.599. The van der Waals surface area contributed by atoms with Crippen molar-refractivity contribution >= 4 is 28.4 Å². The molecular formula is C14H16IN3O. The molecule has 2 heterocycles. The number of hydrogen-bond acceptors (Lipinski definition) is 4. The number of aromatic nitrogens is 2. The van der Waals surface area contributed by atoms with Crippen LogP contribution in [0, 0.1) is 10.5 Å². The van der Waals surface area contributed by atoms with Crippen LogP contribution in [0.1, 0.15) is 37.1 Å². The van der Waals surface area contributed by atoms with Gasteiger partial charge < -0.3 is 9.73 Å². The fourth-order valence-electron chi connectivity index (χ4n) is 2.04. The molecule has 1 N–H and O–H groups in total. The highest BCUT2D eigenvalue weighted by Gasteiger charge is 2.29. The fourth-order valence-corrected chi connectivity index (χ4v) is 2.91. The number of aryl methyl sites for hydroxylation is 1. The van der Waals surface area contributed by atoms with E-state index in [-0.39, 0.29) is 0 Å². The van der Waals surface area contributed by atoms with Gasteiger partial charge >= 0.3 is 0 Å². The van der Waals surface area contributed by atoms with E-state index < -0.39 is 0 Å². The predicted molar refractivity (Wildman–Crippen MR) is 83.3 cm³/mol. The van der Waals surface area contributed by atoms with Crippen molar-refractivity contribution in [1.29, 1.82) is 0 Å². The summed E-state index contributed by atoms with van der Waals surface area (Å²) in [7, 11) is 0. The molecule has 5 heteroatoms. The van der Waals surface area contributed by atoms with Crippen molar-refractivity contribution in [2.45, 2.75) is 32.6 Å². The van der Waals surface area contributed by atoms with Crippen molar-refractivity contribution in [3.63, 3.8) is 0 Å². The van der Waals surface area contributed by atoms with Crippen LogP contribution >= 0.6 is 22.6 Å². The molecule has 0 saturated heterocycles. The average Bonchev–Trinajstić information content (AvgIpc) is 3.14. The lowest BCUT2D eigenvalue weighted by Crippen LogP contribution is -2.07. The highest BCUT2D eigenvalue weighted by Crippen LogP contribution is 2.43. The summed E-state index contributed by atoms with van der Waals surface area (Å²) in [6.07, 6.45) is 2.46. The lowest BCUT2D eigenvalue weighted by atomic mass is 10.2. The lowest BCUT2D eigenvalue weighted by molar-refractivity contribution is 0.543. The Kier molecular flexibility index (Phi) is 3.47. The van der Waals surface area contributed by atoms with Gasteiger partial charge in [-0.25, -0.2) is 9.97 Å². The molecule has 0 radical (unpaired) electrons. The summed E-state index contributed by atoms with van der Waals surface area (Å²) in [5, 5.41) is 3.32. The van der Waals surface area contributed by atoms with E-state index in [0.29, 0.717) is 11.7 Å². The molecule has 1 fully saturated rings. The Balaban J connectivity index is 2.08. The molecular weight excluding hydrogens is 353 g/mol. The molecule has 0 aromatic carbocycles. The van der Waals surface area contributed by atoms with E-state index in [1.54, 1.807) is 0 Å². The number of halogens is 1. The van der Waals surface area contributed by atoms with Gasteiger partial charge in [0.05, 0.1) is 9.26 Å². The quantitative estimate of drug-likeness (QED) is 0.829. The number of hydrogen-bond donors (Lipinski definition) is 1. The average molecular weight is 369 g/mol. The smallest absolute Gasteiger partial charge is 0.197 e. The molecule has 4 nitrogen and oxygen atoms in total. The van der Waals surface area contributed by atoms with E-state index in [1.165, 1.54) is 12.8 Å². The van der Waals surface area contributed by atoms with E-state index in [4.69, 9.17) is 9.40 Å².